The third-order valence-electron chi connectivity index (χ3n) is 3.74. The zero-order valence-electron chi connectivity index (χ0n) is 11.6. The summed E-state index contributed by atoms with van der Waals surface area (Å²) < 4.78 is 37.2. The van der Waals surface area contributed by atoms with E-state index in [1.807, 2.05) is 0 Å². The summed E-state index contributed by atoms with van der Waals surface area (Å²) in [5, 5.41) is 11.6. The van der Waals surface area contributed by atoms with Gasteiger partial charge in [-0.3, -0.25) is 14.6 Å². The number of rotatable bonds is 3. The fourth-order valence-corrected chi connectivity index (χ4v) is 2.44. The molecule has 2 N–H and O–H groups in total. The molecule has 1 heterocycles. The van der Waals surface area contributed by atoms with Crippen molar-refractivity contribution >= 4 is 11.9 Å². The molecule has 0 aromatic carbocycles. The molecule has 1 aliphatic rings. The molecule has 8 heteroatoms. The van der Waals surface area contributed by atoms with Gasteiger partial charge in [0.15, 0.2) is 0 Å². The topological polar surface area (TPSA) is 79.3 Å². The molecule has 0 bridgehead atoms. The van der Waals surface area contributed by atoms with Gasteiger partial charge < -0.3 is 10.4 Å². The van der Waals surface area contributed by atoms with Gasteiger partial charge >= 0.3 is 12.1 Å². The fraction of sp³-hybridized carbons (Fsp3) is 0.500. The number of amides is 1. The van der Waals surface area contributed by atoms with Crippen molar-refractivity contribution in [3.05, 3.63) is 29.6 Å². The van der Waals surface area contributed by atoms with Crippen LogP contribution in [0.15, 0.2) is 18.3 Å². The van der Waals surface area contributed by atoms with Crippen LogP contribution in [-0.4, -0.2) is 28.0 Å². The predicted molar refractivity (Wildman–Crippen MR) is 70.1 cm³/mol. The minimum atomic E-state index is -4.49. The molecule has 0 atom stereocenters. The van der Waals surface area contributed by atoms with E-state index in [2.05, 4.69) is 10.3 Å². The molecular formula is C14H15F3N2O3. The Morgan fingerprint density at radius 1 is 1.18 bits per heavy atom. The summed E-state index contributed by atoms with van der Waals surface area (Å²) in [4.78, 5) is 26.3. The van der Waals surface area contributed by atoms with Gasteiger partial charge in [0.1, 0.15) is 5.69 Å². The highest BCUT2D eigenvalue weighted by atomic mass is 19.4. The van der Waals surface area contributed by atoms with Crippen molar-refractivity contribution < 1.29 is 27.9 Å². The SMILES string of the molecule is O=C(NC1CCC(C(=O)O)CC1)c1ccc(C(F)(F)F)cn1. The first kappa shape index (κ1) is 16.3. The number of carboxylic acid groups (broad SMARTS) is 1. The van der Waals surface area contributed by atoms with Crippen LogP contribution >= 0.6 is 0 Å². The zero-order chi connectivity index (χ0) is 16.3. The van der Waals surface area contributed by atoms with Crippen molar-refractivity contribution in [3.8, 4) is 0 Å². The molecule has 0 radical (unpaired) electrons. The third kappa shape index (κ3) is 3.96. The van der Waals surface area contributed by atoms with E-state index in [0.717, 1.165) is 12.1 Å². The van der Waals surface area contributed by atoms with E-state index in [1.54, 1.807) is 0 Å². The maximum Gasteiger partial charge on any atom is 0.417 e. The average Bonchev–Trinajstić information content (AvgIpc) is 2.47. The van der Waals surface area contributed by atoms with E-state index in [4.69, 9.17) is 5.11 Å². The second kappa shape index (κ2) is 6.33. The van der Waals surface area contributed by atoms with Gasteiger partial charge in [-0.25, -0.2) is 0 Å². The molecule has 22 heavy (non-hydrogen) atoms. The normalized spacial score (nSPS) is 22.1. The Kier molecular flexibility index (Phi) is 4.68. The van der Waals surface area contributed by atoms with Crippen molar-refractivity contribution in [2.75, 3.05) is 0 Å². The second-order valence-electron chi connectivity index (χ2n) is 5.29. The highest BCUT2D eigenvalue weighted by Crippen LogP contribution is 2.28. The van der Waals surface area contributed by atoms with Crippen LogP contribution in [0, 0.1) is 5.92 Å². The molecule has 0 aliphatic heterocycles. The Morgan fingerprint density at radius 2 is 1.82 bits per heavy atom. The number of alkyl halides is 3. The predicted octanol–water partition coefficient (Wildman–Crippen LogP) is 2.47. The first-order valence-electron chi connectivity index (χ1n) is 6.84. The molecule has 0 unspecified atom stereocenters. The van der Waals surface area contributed by atoms with Crippen LogP contribution in [-0.2, 0) is 11.0 Å². The molecule has 1 amide bonds. The number of hydrogen-bond donors (Lipinski definition) is 2. The molecule has 1 aliphatic carbocycles. The van der Waals surface area contributed by atoms with Gasteiger partial charge in [0.25, 0.3) is 5.91 Å². The summed E-state index contributed by atoms with van der Waals surface area (Å²) >= 11 is 0. The molecule has 0 saturated heterocycles. The Balaban J connectivity index is 1.92. The summed E-state index contributed by atoms with van der Waals surface area (Å²) in [5.74, 6) is -1.78. The number of carbonyl (C=O) groups excluding carboxylic acids is 1. The lowest BCUT2D eigenvalue weighted by Crippen LogP contribution is -2.39. The zero-order valence-corrected chi connectivity index (χ0v) is 11.6. The van der Waals surface area contributed by atoms with Crippen LogP contribution < -0.4 is 5.32 Å². The van der Waals surface area contributed by atoms with Crippen LogP contribution in [0.25, 0.3) is 0 Å². The number of carbonyl (C=O) groups is 2. The van der Waals surface area contributed by atoms with Gasteiger partial charge in [-0.1, -0.05) is 0 Å². The Bertz CT molecular complexity index is 549. The first-order chi connectivity index (χ1) is 10.3. The molecule has 1 fully saturated rings. The molecule has 1 saturated carbocycles. The smallest absolute Gasteiger partial charge is 0.417 e. The number of aromatic nitrogens is 1. The lowest BCUT2D eigenvalue weighted by molar-refractivity contribution is -0.143. The van der Waals surface area contributed by atoms with Crippen LogP contribution in [0.1, 0.15) is 41.7 Å². The molecule has 1 aromatic rings. The molecule has 2 rings (SSSR count). The summed E-state index contributed by atoms with van der Waals surface area (Å²) in [6.45, 7) is 0. The van der Waals surface area contributed by atoms with E-state index in [0.29, 0.717) is 31.9 Å². The monoisotopic (exact) mass is 316 g/mol. The minimum Gasteiger partial charge on any atom is -0.481 e. The largest absolute Gasteiger partial charge is 0.481 e. The fourth-order valence-electron chi connectivity index (χ4n) is 2.44. The van der Waals surface area contributed by atoms with Gasteiger partial charge in [-0.2, -0.15) is 13.2 Å². The number of pyridine rings is 1. The highest BCUT2D eigenvalue weighted by molar-refractivity contribution is 5.92. The Morgan fingerprint density at radius 3 is 2.27 bits per heavy atom. The van der Waals surface area contributed by atoms with Crippen molar-refractivity contribution in [2.45, 2.75) is 37.9 Å². The molecule has 0 spiro atoms. The van der Waals surface area contributed by atoms with E-state index < -0.39 is 29.5 Å². The maximum absolute atomic E-state index is 12.4. The summed E-state index contributed by atoms with van der Waals surface area (Å²) in [7, 11) is 0. The number of nitrogens with one attached hydrogen (secondary N) is 1. The van der Waals surface area contributed by atoms with Gasteiger partial charge in [0, 0.05) is 12.2 Å². The lowest BCUT2D eigenvalue weighted by atomic mass is 9.86. The highest BCUT2D eigenvalue weighted by Gasteiger charge is 2.31. The molecular weight excluding hydrogens is 301 g/mol. The number of nitrogens with zero attached hydrogens (tertiary/aromatic N) is 1. The number of aliphatic carboxylic acids is 1. The van der Waals surface area contributed by atoms with E-state index in [-0.39, 0.29) is 11.7 Å². The third-order valence-corrected chi connectivity index (χ3v) is 3.74. The van der Waals surface area contributed by atoms with Crippen LogP contribution in [0.4, 0.5) is 13.2 Å². The number of carboxylic acids is 1. The van der Waals surface area contributed by atoms with Gasteiger partial charge in [-0.15, -0.1) is 0 Å². The van der Waals surface area contributed by atoms with Crippen molar-refractivity contribution in [1.82, 2.24) is 10.3 Å². The van der Waals surface area contributed by atoms with Gasteiger partial charge in [-0.05, 0) is 37.8 Å². The molecule has 5 nitrogen and oxygen atoms in total. The van der Waals surface area contributed by atoms with Crippen molar-refractivity contribution in [3.63, 3.8) is 0 Å². The quantitative estimate of drug-likeness (QED) is 0.898. The van der Waals surface area contributed by atoms with Crippen LogP contribution in [0.3, 0.4) is 0 Å². The lowest BCUT2D eigenvalue weighted by Gasteiger charge is -2.26. The first-order valence-corrected chi connectivity index (χ1v) is 6.84. The standard InChI is InChI=1S/C14H15F3N2O3/c15-14(16,17)9-3-6-11(18-7-9)12(20)19-10-4-1-8(2-5-10)13(21)22/h3,6-8,10H,1-2,4-5H2,(H,19,20)(H,21,22). The summed E-state index contributed by atoms with van der Waals surface area (Å²) in [6, 6.07) is 1.66. The van der Waals surface area contributed by atoms with Crippen molar-refractivity contribution in [2.24, 2.45) is 5.92 Å². The van der Waals surface area contributed by atoms with Gasteiger partial charge in [0.05, 0.1) is 11.5 Å². The molecule has 1 aromatic heterocycles. The van der Waals surface area contributed by atoms with E-state index in [1.165, 1.54) is 0 Å². The second-order valence-corrected chi connectivity index (χ2v) is 5.29. The van der Waals surface area contributed by atoms with Gasteiger partial charge in [0.2, 0.25) is 0 Å². The number of halogens is 3. The minimum absolute atomic E-state index is 0.0895. The Hall–Kier alpha value is -2.12. The van der Waals surface area contributed by atoms with Crippen LogP contribution in [0.5, 0.6) is 0 Å². The Labute approximate surface area is 124 Å². The molecule has 120 valence electrons. The van der Waals surface area contributed by atoms with Crippen molar-refractivity contribution in [1.29, 1.82) is 0 Å². The van der Waals surface area contributed by atoms with Crippen LogP contribution in [0.2, 0.25) is 0 Å². The summed E-state index contributed by atoms with van der Waals surface area (Å²) in [5.41, 5.74) is -1.00. The van der Waals surface area contributed by atoms with E-state index >= 15 is 0 Å². The van der Waals surface area contributed by atoms with E-state index in [9.17, 15) is 22.8 Å². The average molecular weight is 316 g/mol. The maximum atomic E-state index is 12.4. The summed E-state index contributed by atoms with van der Waals surface area (Å²) in [6.07, 6.45) is -1.86. The number of hydrogen-bond acceptors (Lipinski definition) is 3.